The predicted octanol–water partition coefficient (Wildman–Crippen LogP) is 1.58. The Labute approximate surface area is 211 Å². The van der Waals surface area contributed by atoms with Gasteiger partial charge in [-0.05, 0) is 57.5 Å². The zero-order valence-corrected chi connectivity index (χ0v) is 21.4. The molecule has 1 aromatic carbocycles. The molecule has 1 aliphatic heterocycles. The molecule has 0 saturated carbocycles. The molecule has 8 heteroatoms. The number of ketones is 1. The maximum absolute atomic E-state index is 13.9. The molecule has 0 spiro atoms. The van der Waals surface area contributed by atoms with Gasteiger partial charge in [-0.15, -0.1) is 0 Å². The quantitative estimate of drug-likeness (QED) is 0.265. The van der Waals surface area contributed by atoms with E-state index in [-0.39, 0.29) is 5.57 Å². The van der Waals surface area contributed by atoms with Crippen LogP contribution in [0, 0.1) is 6.92 Å². The van der Waals surface area contributed by atoms with Crippen LogP contribution < -0.4 is 14.7 Å². The average molecular weight is 491 g/mol. The fourth-order valence-electron chi connectivity index (χ4n) is 4.98. The fourth-order valence-corrected chi connectivity index (χ4v) is 4.98. The van der Waals surface area contributed by atoms with Crippen molar-refractivity contribution in [2.75, 3.05) is 32.8 Å². The topological polar surface area (TPSA) is 91.4 Å². The Kier molecular flexibility index (Phi) is 7.74. The molecule has 1 saturated heterocycles. The number of nitrogens with zero attached hydrogens (tertiary/aromatic N) is 3. The van der Waals surface area contributed by atoms with Crippen LogP contribution in [0.3, 0.4) is 0 Å². The molecule has 0 bridgehead atoms. The summed E-state index contributed by atoms with van der Waals surface area (Å²) in [4.78, 5) is 34.1. The van der Waals surface area contributed by atoms with E-state index in [4.69, 9.17) is 4.74 Å². The number of benzene rings is 1. The number of ether oxygens (including phenoxy) is 1. The van der Waals surface area contributed by atoms with Crippen LogP contribution in [0.25, 0.3) is 11.4 Å². The zero-order chi connectivity index (χ0) is 25.8. The molecule has 8 nitrogen and oxygen atoms in total. The van der Waals surface area contributed by atoms with Crippen LogP contribution in [0.15, 0.2) is 54.2 Å². The number of aryl methyl sites for hydroxylation is 1. The highest BCUT2D eigenvalue weighted by atomic mass is 16.5. The van der Waals surface area contributed by atoms with Gasteiger partial charge in [-0.3, -0.25) is 9.59 Å². The van der Waals surface area contributed by atoms with Gasteiger partial charge in [0.15, 0.2) is 0 Å². The Balaban J connectivity index is 1.80. The van der Waals surface area contributed by atoms with E-state index in [0.717, 1.165) is 26.1 Å². The monoisotopic (exact) mass is 490 g/mol. The number of Topliss-reactive ketones (excluding diaryl/α,β-unsaturated/α-hetero) is 1. The molecule has 3 heterocycles. The number of carbonyl (C=O) groups excluding carboxylic acids is 2. The first kappa shape index (κ1) is 25.4. The molecule has 1 fully saturated rings. The molecule has 1 atom stereocenters. The number of likely N-dealkylation sites (tertiary alicyclic amines) is 1. The number of amides is 1. The van der Waals surface area contributed by atoms with Crippen molar-refractivity contribution in [3.63, 3.8) is 0 Å². The van der Waals surface area contributed by atoms with Gasteiger partial charge in [0.2, 0.25) is 5.78 Å². The first-order valence-electron chi connectivity index (χ1n) is 12.7. The summed E-state index contributed by atoms with van der Waals surface area (Å²) in [5, 5.41) is 13.9. The average Bonchev–Trinajstić information content (AvgIpc) is 3.35. The minimum atomic E-state index is -0.756. The van der Waals surface area contributed by atoms with E-state index in [0.29, 0.717) is 41.5 Å². The van der Waals surface area contributed by atoms with Crippen LogP contribution >= 0.6 is 0 Å². The van der Waals surface area contributed by atoms with E-state index in [1.807, 2.05) is 49.4 Å². The molecule has 2 aromatic heterocycles. The molecule has 0 radical (unpaired) electrons. The number of pyridine rings is 1. The summed E-state index contributed by atoms with van der Waals surface area (Å²) >= 11 is 0. The van der Waals surface area contributed by atoms with Crippen LogP contribution in [0.1, 0.15) is 50.2 Å². The normalized spacial score (nSPS) is 17.5. The fraction of sp³-hybridized carbons (Fsp3) is 0.393. The molecule has 4 rings (SSSR count). The predicted molar refractivity (Wildman–Crippen MR) is 135 cm³/mol. The standard InChI is InChI=1S/C28H34N4O4/c1-5-30(6-2)16-10-18-32-25(20-12-14-21(15-13-20)36-7-3)23(27(34)28(32)35)26(33)24-19(4)29-22-11-8-9-17-31(22)24/h8-9,11-15,17,25,33H,5-7,10,16,18H2,1-4H3. The first-order valence-corrected chi connectivity index (χ1v) is 12.7. The number of hydrogen-bond donors (Lipinski definition) is 1. The van der Waals surface area contributed by atoms with Gasteiger partial charge < -0.3 is 24.0 Å². The van der Waals surface area contributed by atoms with E-state index in [1.165, 1.54) is 4.90 Å². The van der Waals surface area contributed by atoms with Gasteiger partial charge in [-0.1, -0.05) is 24.0 Å². The van der Waals surface area contributed by atoms with Gasteiger partial charge in [-0.25, -0.2) is 4.98 Å². The Morgan fingerprint density at radius 2 is 1.81 bits per heavy atom. The van der Waals surface area contributed by atoms with Gasteiger partial charge in [0, 0.05) is 24.7 Å². The van der Waals surface area contributed by atoms with Crippen molar-refractivity contribution < 1.29 is 24.3 Å². The van der Waals surface area contributed by atoms with E-state index in [2.05, 4.69) is 18.8 Å². The molecule has 190 valence electrons. The number of quaternary nitrogens is 1. The van der Waals surface area contributed by atoms with Crippen molar-refractivity contribution in [3.05, 3.63) is 71.2 Å². The summed E-state index contributed by atoms with van der Waals surface area (Å²) in [6, 6.07) is 12.0. The lowest BCUT2D eigenvalue weighted by atomic mass is 9.96. The lowest BCUT2D eigenvalue weighted by Crippen LogP contribution is -3.11. The Bertz CT molecular complexity index is 1270. The summed E-state index contributed by atoms with van der Waals surface area (Å²) in [6.45, 7) is 11.7. The van der Waals surface area contributed by atoms with E-state index in [9.17, 15) is 14.7 Å². The Morgan fingerprint density at radius 1 is 1.08 bits per heavy atom. The van der Waals surface area contributed by atoms with Gasteiger partial charge in [0.1, 0.15) is 11.4 Å². The summed E-state index contributed by atoms with van der Waals surface area (Å²) < 4.78 is 7.25. The summed E-state index contributed by atoms with van der Waals surface area (Å²) in [7, 11) is 0. The van der Waals surface area contributed by atoms with Crippen molar-refractivity contribution in [1.29, 1.82) is 0 Å². The maximum atomic E-state index is 13.9. The second-order valence-electron chi connectivity index (χ2n) is 9.01. The molecule has 1 amide bonds. The number of hydrogen-bond acceptors (Lipinski definition) is 5. The van der Waals surface area contributed by atoms with Crippen molar-refractivity contribution >= 4 is 23.1 Å². The molecule has 36 heavy (non-hydrogen) atoms. The second-order valence-corrected chi connectivity index (χ2v) is 9.01. The molecule has 3 aromatic rings. The van der Waals surface area contributed by atoms with Crippen LogP contribution in [0.2, 0.25) is 0 Å². The van der Waals surface area contributed by atoms with E-state index < -0.39 is 23.5 Å². The minimum absolute atomic E-state index is 0.0203. The number of imidazole rings is 1. The van der Waals surface area contributed by atoms with Crippen molar-refractivity contribution in [2.45, 2.75) is 40.2 Å². The highest BCUT2D eigenvalue weighted by molar-refractivity contribution is 6.46. The number of rotatable bonds is 10. The number of fused-ring (bicyclic) bond motifs is 1. The summed E-state index contributed by atoms with van der Waals surface area (Å²) in [5.74, 6) is -1.13. The molecule has 1 unspecified atom stereocenters. The van der Waals surface area contributed by atoms with Crippen molar-refractivity contribution in [1.82, 2.24) is 14.3 Å². The SMILES string of the molecule is CCOc1ccc(C2C(=C([O-])c3c(C)nc4ccccn34)C(=O)C(=O)N2CCC[NH+](CC)CC)cc1. The van der Waals surface area contributed by atoms with E-state index >= 15 is 0 Å². The van der Waals surface area contributed by atoms with Crippen LogP contribution in [0.5, 0.6) is 5.75 Å². The molecular formula is C28H34N4O4. The third-order valence-corrected chi connectivity index (χ3v) is 6.88. The highest BCUT2D eigenvalue weighted by Gasteiger charge is 2.44. The van der Waals surface area contributed by atoms with Gasteiger partial charge in [0.25, 0.3) is 5.91 Å². The van der Waals surface area contributed by atoms with Gasteiger partial charge in [-0.2, -0.15) is 0 Å². The lowest BCUT2D eigenvalue weighted by molar-refractivity contribution is -0.896. The van der Waals surface area contributed by atoms with Crippen molar-refractivity contribution in [3.8, 4) is 5.75 Å². The lowest BCUT2D eigenvalue weighted by Gasteiger charge is -2.28. The number of aromatic nitrogens is 2. The smallest absolute Gasteiger partial charge is 0.295 e. The van der Waals surface area contributed by atoms with Crippen LogP contribution in [0.4, 0.5) is 0 Å². The van der Waals surface area contributed by atoms with E-state index in [1.54, 1.807) is 22.4 Å². The minimum Gasteiger partial charge on any atom is -0.871 e. The summed E-state index contributed by atoms with van der Waals surface area (Å²) in [5.41, 5.74) is 2.14. The third kappa shape index (κ3) is 4.73. The zero-order valence-electron chi connectivity index (χ0n) is 21.4. The van der Waals surface area contributed by atoms with Crippen molar-refractivity contribution in [2.24, 2.45) is 0 Å². The molecule has 1 aliphatic rings. The van der Waals surface area contributed by atoms with Crippen LogP contribution in [-0.2, 0) is 9.59 Å². The second kappa shape index (κ2) is 11.0. The third-order valence-electron chi connectivity index (χ3n) is 6.88. The highest BCUT2D eigenvalue weighted by Crippen LogP contribution is 2.39. The summed E-state index contributed by atoms with van der Waals surface area (Å²) in [6.07, 6.45) is 2.49. The Hall–Kier alpha value is -3.65. The first-order chi connectivity index (χ1) is 17.4. The van der Waals surface area contributed by atoms with Crippen LogP contribution in [-0.4, -0.2) is 58.8 Å². The molecule has 0 aliphatic carbocycles. The maximum Gasteiger partial charge on any atom is 0.295 e. The Morgan fingerprint density at radius 3 is 2.47 bits per heavy atom. The van der Waals surface area contributed by atoms with Gasteiger partial charge >= 0.3 is 0 Å². The number of nitrogens with one attached hydrogen (secondary N) is 1. The number of carbonyl (C=O) groups is 2. The molecule has 1 N–H and O–H groups in total. The largest absolute Gasteiger partial charge is 0.871 e. The van der Waals surface area contributed by atoms with Gasteiger partial charge in [0.05, 0.1) is 43.7 Å². The molecular weight excluding hydrogens is 456 g/mol.